The molecule has 0 atom stereocenters. The van der Waals surface area contributed by atoms with Gasteiger partial charge in [0, 0.05) is 30.8 Å². The Morgan fingerprint density at radius 3 is 3.30 bits per heavy atom. The van der Waals surface area contributed by atoms with Crippen LogP contribution in [0, 0.1) is 0 Å². The number of rotatable bonds is 0. The van der Waals surface area contributed by atoms with Gasteiger partial charge in [0.2, 0.25) is 0 Å². The zero-order valence-electron chi connectivity index (χ0n) is 6.52. The first-order chi connectivity index (χ1) is 4.47. The number of hydrogen-bond acceptors (Lipinski definition) is 2. The van der Waals surface area contributed by atoms with Crippen LogP contribution in [0.4, 0.5) is 0 Å². The number of aromatic amines is 1. The number of fused-ring (bicyclic) bond motifs is 1. The predicted molar refractivity (Wildman–Crippen MR) is 35.1 cm³/mol. The maximum atomic E-state index is 3.94. The van der Waals surface area contributed by atoms with Crippen molar-refractivity contribution in [1.29, 1.82) is 0 Å². The summed E-state index contributed by atoms with van der Waals surface area (Å²) in [6.45, 7) is 2.06. The first kappa shape index (κ1) is 7.57. The van der Waals surface area contributed by atoms with E-state index in [-0.39, 0.29) is 13.8 Å². The van der Waals surface area contributed by atoms with Crippen LogP contribution in [-0.2, 0) is 13.0 Å². The minimum atomic E-state index is 0. The van der Waals surface area contributed by atoms with Crippen LogP contribution >= 0.6 is 0 Å². The summed E-state index contributed by atoms with van der Waals surface area (Å²) in [5.74, 6) is 0. The van der Waals surface area contributed by atoms with Gasteiger partial charge in [-0.15, -0.1) is 0 Å². The second-order valence-corrected chi connectivity index (χ2v) is 2.30. The summed E-state index contributed by atoms with van der Waals surface area (Å²) >= 11 is 0. The Kier molecular flexibility index (Phi) is 2.29. The Bertz CT molecular complexity index is 193. The van der Waals surface area contributed by atoms with E-state index in [1.54, 1.807) is 0 Å². The SMILES string of the molecule is [Cl-].[H+].c1n[nH]c2c1CNCC2. The van der Waals surface area contributed by atoms with Crippen molar-refractivity contribution in [3.05, 3.63) is 17.5 Å². The van der Waals surface area contributed by atoms with Gasteiger partial charge >= 0.3 is 1.43 Å². The van der Waals surface area contributed by atoms with Gasteiger partial charge in [0.1, 0.15) is 0 Å². The lowest BCUT2D eigenvalue weighted by Crippen LogP contribution is -3.00. The first-order valence-electron chi connectivity index (χ1n) is 3.18. The Morgan fingerprint density at radius 2 is 2.50 bits per heavy atom. The summed E-state index contributed by atoms with van der Waals surface area (Å²) in [4.78, 5) is 0. The van der Waals surface area contributed by atoms with Crippen molar-refractivity contribution >= 4 is 0 Å². The van der Waals surface area contributed by atoms with Crippen molar-refractivity contribution in [2.45, 2.75) is 13.0 Å². The van der Waals surface area contributed by atoms with E-state index in [1.165, 1.54) is 11.3 Å². The molecule has 0 saturated heterocycles. The fraction of sp³-hybridized carbons (Fsp3) is 0.500. The lowest BCUT2D eigenvalue weighted by Gasteiger charge is -2.10. The maximum Gasteiger partial charge on any atom is 1.00 e. The molecule has 1 aromatic heterocycles. The van der Waals surface area contributed by atoms with Crippen LogP contribution in [0.15, 0.2) is 6.20 Å². The summed E-state index contributed by atoms with van der Waals surface area (Å²) in [5, 5.41) is 10.2. The Labute approximate surface area is 67.1 Å². The van der Waals surface area contributed by atoms with E-state index in [2.05, 4.69) is 15.5 Å². The molecule has 0 spiro atoms. The third-order valence-corrected chi connectivity index (χ3v) is 1.67. The third kappa shape index (κ3) is 1.15. The highest BCUT2D eigenvalue weighted by molar-refractivity contribution is 5.18. The van der Waals surface area contributed by atoms with Crippen LogP contribution in [0.3, 0.4) is 0 Å². The van der Waals surface area contributed by atoms with E-state index in [0.29, 0.717) is 0 Å². The van der Waals surface area contributed by atoms with Crippen molar-refractivity contribution in [2.75, 3.05) is 6.54 Å². The monoisotopic (exact) mass is 159 g/mol. The molecular weight excluding hydrogens is 150 g/mol. The molecule has 2 rings (SSSR count). The fourth-order valence-corrected chi connectivity index (χ4v) is 1.14. The predicted octanol–water partition coefficient (Wildman–Crippen LogP) is -2.83. The summed E-state index contributed by atoms with van der Waals surface area (Å²) in [7, 11) is 0. The van der Waals surface area contributed by atoms with Gasteiger partial charge in [-0.25, -0.2) is 0 Å². The molecule has 2 N–H and O–H groups in total. The standard InChI is InChI=1S/C6H9N3.ClH/c1-2-7-3-5-4-8-9-6(1)5;/h4,7H,1-3H2,(H,8,9);1H. The van der Waals surface area contributed by atoms with Gasteiger partial charge in [0.25, 0.3) is 0 Å². The lowest BCUT2D eigenvalue weighted by molar-refractivity contribution is -0.00000199. The van der Waals surface area contributed by atoms with Gasteiger partial charge < -0.3 is 17.7 Å². The second-order valence-electron chi connectivity index (χ2n) is 2.30. The van der Waals surface area contributed by atoms with E-state index < -0.39 is 0 Å². The zero-order valence-corrected chi connectivity index (χ0v) is 6.28. The van der Waals surface area contributed by atoms with E-state index in [4.69, 9.17) is 0 Å². The minimum Gasteiger partial charge on any atom is -1.00 e. The molecule has 0 fully saturated rings. The third-order valence-electron chi connectivity index (χ3n) is 1.67. The Balaban J connectivity index is 0.000000500. The van der Waals surface area contributed by atoms with E-state index in [0.717, 1.165) is 19.5 Å². The normalized spacial score (nSPS) is 15.6. The zero-order chi connectivity index (χ0) is 6.10. The molecule has 1 aliphatic heterocycles. The minimum absolute atomic E-state index is 0. The molecule has 0 saturated carbocycles. The van der Waals surface area contributed by atoms with Crippen molar-refractivity contribution in [3.8, 4) is 0 Å². The van der Waals surface area contributed by atoms with Gasteiger partial charge in [-0.1, -0.05) is 0 Å². The van der Waals surface area contributed by atoms with Crippen LogP contribution in [-0.4, -0.2) is 16.7 Å². The van der Waals surface area contributed by atoms with E-state index >= 15 is 0 Å². The molecule has 1 aliphatic rings. The Hall–Kier alpha value is -0.540. The van der Waals surface area contributed by atoms with Gasteiger partial charge in [0.15, 0.2) is 0 Å². The highest BCUT2D eigenvalue weighted by atomic mass is 35.5. The van der Waals surface area contributed by atoms with Crippen molar-refractivity contribution in [1.82, 2.24) is 15.5 Å². The van der Waals surface area contributed by atoms with Gasteiger partial charge in [-0.2, -0.15) is 5.10 Å². The summed E-state index contributed by atoms with van der Waals surface area (Å²) in [6.07, 6.45) is 2.98. The first-order valence-corrected chi connectivity index (χ1v) is 3.18. The van der Waals surface area contributed by atoms with E-state index in [1.807, 2.05) is 6.20 Å². The van der Waals surface area contributed by atoms with Crippen LogP contribution < -0.4 is 17.7 Å². The molecule has 0 amide bonds. The smallest absolute Gasteiger partial charge is 1.00 e. The van der Waals surface area contributed by atoms with Gasteiger partial charge in [-0.3, -0.25) is 5.10 Å². The number of halogens is 1. The molecule has 0 radical (unpaired) electrons. The Morgan fingerprint density at radius 1 is 1.60 bits per heavy atom. The molecule has 10 heavy (non-hydrogen) atoms. The topological polar surface area (TPSA) is 40.7 Å². The second kappa shape index (κ2) is 3.03. The molecule has 1 aromatic rings. The van der Waals surface area contributed by atoms with Crippen LogP contribution in [0.5, 0.6) is 0 Å². The maximum absolute atomic E-state index is 3.94. The largest absolute Gasteiger partial charge is 1.00 e. The molecule has 0 unspecified atom stereocenters. The molecule has 3 nitrogen and oxygen atoms in total. The average molecular weight is 160 g/mol. The molecule has 2 heterocycles. The van der Waals surface area contributed by atoms with E-state index in [9.17, 15) is 0 Å². The number of H-pyrrole nitrogens is 1. The quantitative estimate of drug-likeness (QED) is 0.429. The molecule has 0 aromatic carbocycles. The molecule has 0 aliphatic carbocycles. The van der Waals surface area contributed by atoms with Crippen molar-refractivity contribution < 1.29 is 13.8 Å². The number of hydrogen-bond donors (Lipinski definition) is 2. The molecule has 0 bridgehead atoms. The van der Waals surface area contributed by atoms with Crippen LogP contribution in [0.1, 0.15) is 12.7 Å². The molecular formula is C6H10ClN3. The highest BCUT2D eigenvalue weighted by Crippen LogP contribution is 2.07. The fourth-order valence-electron chi connectivity index (χ4n) is 1.14. The number of nitrogens with zero attached hydrogens (tertiary/aromatic N) is 1. The number of aromatic nitrogens is 2. The van der Waals surface area contributed by atoms with Crippen molar-refractivity contribution in [2.24, 2.45) is 0 Å². The summed E-state index contributed by atoms with van der Waals surface area (Å²) in [6, 6.07) is 0. The van der Waals surface area contributed by atoms with Gasteiger partial charge in [0.05, 0.1) is 6.20 Å². The summed E-state index contributed by atoms with van der Waals surface area (Å²) in [5.41, 5.74) is 2.62. The number of nitrogens with one attached hydrogen (secondary N) is 2. The van der Waals surface area contributed by atoms with Crippen LogP contribution in [0.25, 0.3) is 0 Å². The van der Waals surface area contributed by atoms with Crippen LogP contribution in [0.2, 0.25) is 0 Å². The average Bonchev–Trinajstić information content (AvgIpc) is 2.33. The lowest BCUT2D eigenvalue weighted by atomic mass is 10.1. The van der Waals surface area contributed by atoms with Gasteiger partial charge in [-0.05, 0) is 0 Å². The molecule has 56 valence electrons. The summed E-state index contributed by atoms with van der Waals surface area (Å²) < 4.78 is 0. The molecule has 4 heteroatoms. The highest BCUT2D eigenvalue weighted by Gasteiger charge is 2.08. The van der Waals surface area contributed by atoms with Crippen molar-refractivity contribution in [3.63, 3.8) is 0 Å².